The van der Waals surface area contributed by atoms with E-state index in [0.717, 1.165) is 11.1 Å². The van der Waals surface area contributed by atoms with Crippen molar-refractivity contribution in [2.75, 3.05) is 13.5 Å². The van der Waals surface area contributed by atoms with Gasteiger partial charge in [0.25, 0.3) is 0 Å². The summed E-state index contributed by atoms with van der Waals surface area (Å²) in [4.78, 5) is 0. The molecule has 3 nitrogen and oxygen atoms in total. The van der Waals surface area contributed by atoms with Crippen molar-refractivity contribution < 1.29 is 27.8 Å². The van der Waals surface area contributed by atoms with Crippen LogP contribution in [-0.2, 0) is 6.42 Å². The largest absolute Gasteiger partial charge is 0.462 e. The van der Waals surface area contributed by atoms with Gasteiger partial charge in [0.15, 0.2) is 0 Å². The predicted molar refractivity (Wildman–Crippen MR) is 101 cm³/mol. The molecule has 0 unspecified atom stereocenters. The summed E-state index contributed by atoms with van der Waals surface area (Å²) in [5.41, 5.74) is 3.52. The molecule has 0 aliphatic heterocycles. The summed E-state index contributed by atoms with van der Waals surface area (Å²) in [6.07, 6.45) is 0.500. The Hall–Kier alpha value is -2.99. The third-order valence-corrected chi connectivity index (χ3v) is 4.22. The van der Waals surface area contributed by atoms with Crippen molar-refractivity contribution in [2.24, 2.45) is 0 Å². The molecular formula is C22H19F3O3. The highest BCUT2D eigenvalue weighted by atomic mass is 19.3. The molecule has 3 rings (SSSR count). The Morgan fingerprint density at radius 1 is 0.857 bits per heavy atom. The van der Waals surface area contributed by atoms with Crippen molar-refractivity contribution in [3.63, 3.8) is 0 Å². The van der Waals surface area contributed by atoms with E-state index in [1.807, 2.05) is 24.3 Å². The number of hydrogen-bond donors (Lipinski definition) is 1. The minimum absolute atomic E-state index is 0.00837. The molecule has 1 N–H and O–H groups in total. The molecule has 0 atom stereocenters. The molecule has 0 fully saturated rings. The van der Waals surface area contributed by atoms with Crippen molar-refractivity contribution in [1.82, 2.24) is 0 Å². The summed E-state index contributed by atoms with van der Waals surface area (Å²) >= 11 is 0. The minimum atomic E-state index is -2.93. The van der Waals surface area contributed by atoms with Crippen molar-refractivity contribution in [1.29, 1.82) is 0 Å². The van der Waals surface area contributed by atoms with Crippen LogP contribution < -0.4 is 9.47 Å². The molecule has 0 spiro atoms. The van der Waals surface area contributed by atoms with Crippen LogP contribution in [0.25, 0.3) is 22.3 Å². The van der Waals surface area contributed by atoms with Gasteiger partial charge in [-0.25, -0.2) is 4.39 Å². The second-order valence-corrected chi connectivity index (χ2v) is 6.02. The maximum atomic E-state index is 13.1. The molecule has 0 aliphatic carbocycles. The molecule has 3 aromatic rings. The molecule has 0 saturated heterocycles. The Labute approximate surface area is 161 Å². The molecule has 0 radical (unpaired) electrons. The van der Waals surface area contributed by atoms with Crippen LogP contribution in [0.3, 0.4) is 0 Å². The Morgan fingerprint density at radius 2 is 1.50 bits per heavy atom. The lowest BCUT2D eigenvalue weighted by atomic mass is 9.96. The zero-order valence-corrected chi connectivity index (χ0v) is 14.9. The van der Waals surface area contributed by atoms with Gasteiger partial charge < -0.3 is 14.6 Å². The van der Waals surface area contributed by atoms with Gasteiger partial charge in [-0.1, -0.05) is 54.6 Å². The molecule has 28 heavy (non-hydrogen) atoms. The standard InChI is InChI=1S/C22H19F3O3/c23-14-27-21-19(16-5-1-4-15(12-16)10-11-26)8-3-9-20(21)17-6-2-7-18(13-17)28-22(24)25/h1-9,12-13,22,26H,10-11,14H2. The van der Waals surface area contributed by atoms with Crippen LogP contribution in [0.15, 0.2) is 66.7 Å². The van der Waals surface area contributed by atoms with E-state index < -0.39 is 13.5 Å². The van der Waals surface area contributed by atoms with Gasteiger partial charge in [-0.3, -0.25) is 0 Å². The molecular weight excluding hydrogens is 369 g/mol. The van der Waals surface area contributed by atoms with E-state index in [0.29, 0.717) is 28.9 Å². The van der Waals surface area contributed by atoms with Gasteiger partial charge in [-0.05, 0) is 35.2 Å². The smallest absolute Gasteiger partial charge is 0.387 e. The Bertz CT molecular complexity index is 928. The van der Waals surface area contributed by atoms with E-state index in [9.17, 15) is 13.2 Å². The Kier molecular flexibility index (Phi) is 6.55. The molecule has 0 saturated carbocycles. The fourth-order valence-electron chi connectivity index (χ4n) is 3.06. The zero-order valence-electron chi connectivity index (χ0n) is 14.9. The first-order valence-electron chi connectivity index (χ1n) is 8.69. The quantitative estimate of drug-likeness (QED) is 0.557. The minimum Gasteiger partial charge on any atom is -0.462 e. The van der Waals surface area contributed by atoms with Crippen LogP contribution in [-0.4, -0.2) is 25.2 Å². The van der Waals surface area contributed by atoms with E-state index in [-0.39, 0.29) is 12.4 Å². The summed E-state index contributed by atoms with van der Waals surface area (Å²) in [5.74, 6) is 0.314. The Morgan fingerprint density at radius 3 is 2.14 bits per heavy atom. The molecule has 0 bridgehead atoms. The van der Waals surface area contributed by atoms with Gasteiger partial charge in [0.1, 0.15) is 11.5 Å². The molecule has 146 valence electrons. The Balaban J connectivity index is 2.09. The van der Waals surface area contributed by atoms with E-state index >= 15 is 0 Å². The lowest BCUT2D eigenvalue weighted by Gasteiger charge is -2.16. The van der Waals surface area contributed by atoms with Crippen molar-refractivity contribution in [2.45, 2.75) is 13.0 Å². The van der Waals surface area contributed by atoms with Crippen LogP contribution in [0.5, 0.6) is 11.5 Å². The number of rotatable bonds is 8. The average molecular weight is 388 g/mol. The lowest BCUT2D eigenvalue weighted by molar-refractivity contribution is -0.0498. The van der Waals surface area contributed by atoms with Crippen molar-refractivity contribution in [3.8, 4) is 33.8 Å². The second kappa shape index (κ2) is 9.28. The van der Waals surface area contributed by atoms with E-state index in [1.165, 1.54) is 12.1 Å². The number of halogens is 3. The zero-order chi connectivity index (χ0) is 19.9. The third-order valence-electron chi connectivity index (χ3n) is 4.22. The molecule has 3 aromatic carbocycles. The summed E-state index contributed by atoms with van der Waals surface area (Å²) in [7, 11) is 0. The summed E-state index contributed by atoms with van der Waals surface area (Å²) < 4.78 is 48.0. The average Bonchev–Trinajstić information content (AvgIpc) is 2.68. The summed E-state index contributed by atoms with van der Waals surface area (Å²) in [5, 5.41) is 9.16. The molecule has 0 aliphatic rings. The van der Waals surface area contributed by atoms with Gasteiger partial charge in [0.2, 0.25) is 6.86 Å². The number of ether oxygens (including phenoxy) is 2. The molecule has 0 heterocycles. The lowest BCUT2D eigenvalue weighted by Crippen LogP contribution is -2.02. The van der Waals surface area contributed by atoms with Gasteiger partial charge in [-0.2, -0.15) is 8.78 Å². The monoisotopic (exact) mass is 388 g/mol. The highest BCUT2D eigenvalue weighted by molar-refractivity contribution is 5.83. The van der Waals surface area contributed by atoms with Crippen molar-refractivity contribution in [3.05, 3.63) is 72.3 Å². The highest BCUT2D eigenvalue weighted by Gasteiger charge is 2.15. The van der Waals surface area contributed by atoms with Crippen LogP contribution >= 0.6 is 0 Å². The fourth-order valence-corrected chi connectivity index (χ4v) is 3.06. The molecule has 6 heteroatoms. The SMILES string of the molecule is OCCc1cccc(-c2cccc(-c3cccc(OC(F)F)c3)c2OCF)c1. The number of aliphatic hydroxyl groups is 1. The van der Waals surface area contributed by atoms with Crippen LogP contribution in [0.4, 0.5) is 13.2 Å². The first kappa shape index (κ1) is 19.8. The number of aliphatic hydroxyl groups excluding tert-OH is 1. The van der Waals surface area contributed by atoms with Crippen molar-refractivity contribution >= 4 is 0 Å². The van der Waals surface area contributed by atoms with Gasteiger partial charge in [0.05, 0.1) is 0 Å². The third kappa shape index (κ3) is 4.64. The molecule has 0 amide bonds. The summed E-state index contributed by atoms with van der Waals surface area (Å²) in [6.45, 7) is -3.95. The molecule has 0 aromatic heterocycles. The van der Waals surface area contributed by atoms with Crippen LogP contribution in [0.1, 0.15) is 5.56 Å². The van der Waals surface area contributed by atoms with Crippen LogP contribution in [0.2, 0.25) is 0 Å². The first-order chi connectivity index (χ1) is 13.6. The number of para-hydroxylation sites is 1. The number of benzene rings is 3. The number of alkyl halides is 3. The first-order valence-corrected chi connectivity index (χ1v) is 8.69. The van der Waals surface area contributed by atoms with E-state index in [4.69, 9.17) is 9.84 Å². The van der Waals surface area contributed by atoms with E-state index in [2.05, 4.69) is 4.74 Å². The fraction of sp³-hybridized carbons (Fsp3) is 0.182. The summed E-state index contributed by atoms with van der Waals surface area (Å²) in [6, 6.07) is 19.0. The van der Waals surface area contributed by atoms with Gasteiger partial charge in [0, 0.05) is 17.7 Å². The van der Waals surface area contributed by atoms with Crippen LogP contribution in [0, 0.1) is 0 Å². The maximum Gasteiger partial charge on any atom is 0.387 e. The topological polar surface area (TPSA) is 38.7 Å². The number of hydrogen-bond acceptors (Lipinski definition) is 3. The predicted octanol–water partition coefficient (Wildman–Crippen LogP) is 5.46. The highest BCUT2D eigenvalue weighted by Crippen LogP contribution is 2.40. The second-order valence-electron chi connectivity index (χ2n) is 6.02. The van der Waals surface area contributed by atoms with Gasteiger partial charge in [-0.15, -0.1) is 0 Å². The maximum absolute atomic E-state index is 13.1. The normalized spacial score (nSPS) is 10.9. The van der Waals surface area contributed by atoms with E-state index in [1.54, 1.807) is 30.3 Å². The van der Waals surface area contributed by atoms with Gasteiger partial charge >= 0.3 is 6.61 Å².